The van der Waals surface area contributed by atoms with E-state index in [4.69, 9.17) is 4.42 Å². The molecule has 0 spiro atoms. The Morgan fingerprint density at radius 2 is 2.17 bits per heavy atom. The summed E-state index contributed by atoms with van der Waals surface area (Å²) in [5, 5.41) is 4.65. The van der Waals surface area contributed by atoms with Crippen molar-refractivity contribution in [1.29, 1.82) is 0 Å². The van der Waals surface area contributed by atoms with E-state index >= 15 is 0 Å². The molecule has 1 aliphatic heterocycles. The molecule has 0 bridgehead atoms. The lowest BCUT2D eigenvalue weighted by atomic mass is 10.2. The molecule has 6 heteroatoms. The average molecular weight is 308 g/mol. The van der Waals surface area contributed by atoms with E-state index in [1.54, 1.807) is 24.5 Å². The number of fused-ring (bicyclic) bond motifs is 1. The molecule has 0 atom stereocenters. The minimum absolute atomic E-state index is 0.0763. The molecule has 3 aromatic rings. The molecule has 4 heterocycles. The van der Waals surface area contributed by atoms with Crippen LogP contribution in [0.1, 0.15) is 22.7 Å². The first-order valence-corrected chi connectivity index (χ1v) is 7.61. The first kappa shape index (κ1) is 13.8. The first-order chi connectivity index (χ1) is 11.3. The minimum Gasteiger partial charge on any atom is -0.459 e. The van der Waals surface area contributed by atoms with Crippen LogP contribution in [0, 0.1) is 0 Å². The highest BCUT2D eigenvalue weighted by molar-refractivity contribution is 5.91. The summed E-state index contributed by atoms with van der Waals surface area (Å²) in [5.41, 5.74) is 2.90. The standard InChI is InChI=1S/C17H16N4O2/c22-17(16-5-2-9-23-16)20-7-3-8-21-14(12-20)10-15(19-21)13-4-1-6-18-11-13/h1-2,4-6,9-11H,3,7-8,12H2. The first-order valence-electron chi connectivity index (χ1n) is 7.61. The zero-order chi connectivity index (χ0) is 15.6. The Morgan fingerprint density at radius 1 is 1.22 bits per heavy atom. The smallest absolute Gasteiger partial charge is 0.289 e. The third kappa shape index (κ3) is 2.63. The lowest BCUT2D eigenvalue weighted by molar-refractivity contribution is 0.0713. The van der Waals surface area contributed by atoms with Crippen molar-refractivity contribution < 1.29 is 9.21 Å². The summed E-state index contributed by atoms with van der Waals surface area (Å²) in [6.07, 6.45) is 5.94. The van der Waals surface area contributed by atoms with E-state index in [9.17, 15) is 4.79 Å². The molecule has 1 amide bonds. The zero-order valence-corrected chi connectivity index (χ0v) is 12.6. The number of pyridine rings is 1. The predicted octanol–water partition coefficient (Wildman–Crippen LogP) is 2.58. The van der Waals surface area contributed by atoms with Crippen LogP contribution in [0.5, 0.6) is 0 Å². The SMILES string of the molecule is O=C(c1ccco1)N1CCCn2nc(-c3cccnc3)cc2C1. The molecule has 0 fully saturated rings. The van der Waals surface area contributed by atoms with Crippen LogP contribution in [0.2, 0.25) is 0 Å². The van der Waals surface area contributed by atoms with Crippen LogP contribution < -0.4 is 0 Å². The number of aromatic nitrogens is 3. The van der Waals surface area contributed by atoms with Crippen LogP contribution in [-0.2, 0) is 13.1 Å². The minimum atomic E-state index is -0.0763. The number of nitrogens with zero attached hydrogens (tertiary/aromatic N) is 4. The maximum atomic E-state index is 12.5. The molecule has 0 unspecified atom stereocenters. The summed E-state index contributed by atoms with van der Waals surface area (Å²) in [7, 11) is 0. The molecule has 0 N–H and O–H groups in total. The fraction of sp³-hybridized carbons (Fsp3) is 0.235. The van der Waals surface area contributed by atoms with Crippen molar-refractivity contribution in [2.24, 2.45) is 0 Å². The Bertz CT molecular complexity index is 809. The monoisotopic (exact) mass is 308 g/mol. The molecule has 4 rings (SSSR count). The molecule has 23 heavy (non-hydrogen) atoms. The van der Waals surface area contributed by atoms with Gasteiger partial charge in [0.05, 0.1) is 24.2 Å². The molecule has 116 valence electrons. The largest absolute Gasteiger partial charge is 0.459 e. The van der Waals surface area contributed by atoms with E-state index in [1.807, 2.05) is 27.8 Å². The molecule has 0 radical (unpaired) electrons. The van der Waals surface area contributed by atoms with Crippen molar-refractivity contribution in [2.75, 3.05) is 6.54 Å². The van der Waals surface area contributed by atoms with Gasteiger partial charge in [0.1, 0.15) is 0 Å². The van der Waals surface area contributed by atoms with Gasteiger partial charge < -0.3 is 9.32 Å². The van der Waals surface area contributed by atoms with Gasteiger partial charge in [0.15, 0.2) is 5.76 Å². The van der Waals surface area contributed by atoms with Crippen molar-refractivity contribution in [1.82, 2.24) is 19.7 Å². The van der Waals surface area contributed by atoms with Crippen LogP contribution in [0.4, 0.5) is 0 Å². The molecule has 0 aromatic carbocycles. The molecular weight excluding hydrogens is 292 g/mol. The zero-order valence-electron chi connectivity index (χ0n) is 12.6. The number of carbonyl (C=O) groups is 1. The van der Waals surface area contributed by atoms with Crippen molar-refractivity contribution in [3.63, 3.8) is 0 Å². The van der Waals surface area contributed by atoms with Crippen LogP contribution in [0.15, 0.2) is 53.4 Å². The van der Waals surface area contributed by atoms with Crippen LogP contribution in [0.25, 0.3) is 11.3 Å². The lowest BCUT2D eigenvalue weighted by Crippen LogP contribution is -2.30. The van der Waals surface area contributed by atoms with Crippen LogP contribution in [-0.4, -0.2) is 32.1 Å². The molecule has 1 aliphatic rings. The fourth-order valence-corrected chi connectivity index (χ4v) is 2.85. The second kappa shape index (κ2) is 5.72. The Kier molecular flexibility index (Phi) is 3.42. The van der Waals surface area contributed by atoms with E-state index in [-0.39, 0.29) is 5.91 Å². The summed E-state index contributed by atoms with van der Waals surface area (Å²) in [6, 6.07) is 9.35. The van der Waals surface area contributed by atoms with Gasteiger partial charge in [0.2, 0.25) is 0 Å². The maximum Gasteiger partial charge on any atom is 0.289 e. The number of aryl methyl sites for hydroxylation is 1. The van der Waals surface area contributed by atoms with Crippen LogP contribution >= 0.6 is 0 Å². The van der Waals surface area contributed by atoms with Gasteiger partial charge in [-0.15, -0.1) is 0 Å². The van der Waals surface area contributed by atoms with Crippen molar-refractivity contribution >= 4 is 5.91 Å². The van der Waals surface area contributed by atoms with Gasteiger partial charge in [0, 0.05) is 31.0 Å². The number of carbonyl (C=O) groups excluding carboxylic acids is 1. The third-order valence-corrected chi connectivity index (χ3v) is 3.99. The summed E-state index contributed by atoms with van der Waals surface area (Å²) in [4.78, 5) is 18.4. The number of hydrogen-bond donors (Lipinski definition) is 0. The Balaban J connectivity index is 1.62. The molecule has 6 nitrogen and oxygen atoms in total. The van der Waals surface area contributed by atoms with Gasteiger partial charge in [-0.25, -0.2) is 0 Å². The molecule has 3 aromatic heterocycles. The van der Waals surface area contributed by atoms with Gasteiger partial charge in [-0.05, 0) is 36.8 Å². The summed E-state index contributed by atoms with van der Waals surface area (Å²) in [5.74, 6) is 0.304. The van der Waals surface area contributed by atoms with E-state index in [2.05, 4.69) is 10.1 Å². The van der Waals surface area contributed by atoms with Crippen molar-refractivity contribution in [3.8, 4) is 11.3 Å². The van der Waals surface area contributed by atoms with Crippen LogP contribution in [0.3, 0.4) is 0 Å². The maximum absolute atomic E-state index is 12.5. The lowest BCUT2D eigenvalue weighted by Gasteiger charge is -2.18. The molecule has 0 saturated carbocycles. The van der Waals surface area contributed by atoms with Gasteiger partial charge in [0.25, 0.3) is 5.91 Å². The fourth-order valence-electron chi connectivity index (χ4n) is 2.85. The van der Waals surface area contributed by atoms with Gasteiger partial charge in [-0.3, -0.25) is 14.5 Å². The Hall–Kier alpha value is -2.89. The highest BCUT2D eigenvalue weighted by atomic mass is 16.3. The number of amides is 1. The van der Waals surface area contributed by atoms with Crippen molar-refractivity contribution in [2.45, 2.75) is 19.5 Å². The van der Waals surface area contributed by atoms with Gasteiger partial charge in [-0.2, -0.15) is 5.10 Å². The quantitative estimate of drug-likeness (QED) is 0.730. The normalized spacial score (nSPS) is 14.3. The summed E-state index contributed by atoms with van der Waals surface area (Å²) >= 11 is 0. The second-order valence-corrected chi connectivity index (χ2v) is 5.54. The predicted molar refractivity (Wildman–Crippen MR) is 83.5 cm³/mol. The molecular formula is C17H16N4O2. The Morgan fingerprint density at radius 3 is 2.96 bits per heavy atom. The van der Waals surface area contributed by atoms with Gasteiger partial charge >= 0.3 is 0 Å². The van der Waals surface area contributed by atoms with E-state index in [0.717, 1.165) is 29.9 Å². The highest BCUT2D eigenvalue weighted by Crippen LogP contribution is 2.22. The van der Waals surface area contributed by atoms with Crippen molar-refractivity contribution in [3.05, 3.63) is 60.4 Å². The third-order valence-electron chi connectivity index (χ3n) is 3.99. The number of rotatable bonds is 2. The average Bonchev–Trinajstić information content (AvgIpc) is 3.21. The number of hydrogen-bond acceptors (Lipinski definition) is 4. The second-order valence-electron chi connectivity index (χ2n) is 5.54. The number of furan rings is 1. The van der Waals surface area contributed by atoms with E-state index in [0.29, 0.717) is 18.8 Å². The van der Waals surface area contributed by atoms with E-state index < -0.39 is 0 Å². The topological polar surface area (TPSA) is 64.2 Å². The van der Waals surface area contributed by atoms with Gasteiger partial charge in [-0.1, -0.05) is 0 Å². The van der Waals surface area contributed by atoms with E-state index in [1.165, 1.54) is 6.26 Å². The summed E-state index contributed by atoms with van der Waals surface area (Å²) in [6.45, 7) is 2.04. The molecule has 0 aliphatic carbocycles. The Labute approximate surface area is 133 Å². The highest BCUT2D eigenvalue weighted by Gasteiger charge is 2.23. The summed E-state index contributed by atoms with van der Waals surface area (Å²) < 4.78 is 7.21. The molecule has 0 saturated heterocycles.